The fraction of sp³-hybridized carbons (Fsp3) is 0.154. The Morgan fingerprint density at radius 1 is 1.06 bits per heavy atom. The van der Waals surface area contributed by atoms with E-state index in [4.69, 9.17) is 0 Å². The molecule has 2 aromatic rings. The number of rotatable bonds is 1. The van der Waals surface area contributed by atoms with Gasteiger partial charge in [-0.05, 0) is 42.0 Å². The monoisotopic (exact) mass is 218 g/mol. The summed E-state index contributed by atoms with van der Waals surface area (Å²) in [6.45, 7) is 1.40. The van der Waals surface area contributed by atoms with Crippen molar-refractivity contribution >= 4 is 16.6 Å². The molecule has 0 bridgehead atoms. The summed E-state index contributed by atoms with van der Waals surface area (Å²) < 4.78 is 0. The van der Waals surface area contributed by atoms with Crippen molar-refractivity contribution in [1.29, 1.82) is 0 Å². The standard InChI is InChI=1S/C12H10O3.CH4/c1-7(13)11-5-8-2-3-10(14)4-9(8)6-12(11)15;/h2-6,14-15H,1H3;1H4. The van der Waals surface area contributed by atoms with Gasteiger partial charge in [-0.15, -0.1) is 0 Å². The normalized spacial score (nSPS) is 9.81. The SMILES string of the molecule is C.CC(=O)c1cc2ccc(O)cc2cc1O. The third-order valence-corrected chi connectivity index (χ3v) is 2.32. The Labute approximate surface area is 94.0 Å². The number of aromatic hydroxyl groups is 2. The van der Waals surface area contributed by atoms with Crippen LogP contribution < -0.4 is 0 Å². The van der Waals surface area contributed by atoms with Gasteiger partial charge in [0.25, 0.3) is 0 Å². The molecule has 84 valence electrons. The van der Waals surface area contributed by atoms with Crippen LogP contribution in [0.5, 0.6) is 11.5 Å². The zero-order chi connectivity index (χ0) is 11.0. The first kappa shape index (κ1) is 12.0. The smallest absolute Gasteiger partial charge is 0.163 e. The molecule has 0 atom stereocenters. The van der Waals surface area contributed by atoms with Gasteiger partial charge in [-0.1, -0.05) is 13.5 Å². The van der Waals surface area contributed by atoms with E-state index in [9.17, 15) is 15.0 Å². The highest BCUT2D eigenvalue weighted by Gasteiger charge is 2.08. The fourth-order valence-corrected chi connectivity index (χ4v) is 1.56. The average Bonchev–Trinajstić information content (AvgIpc) is 2.15. The van der Waals surface area contributed by atoms with E-state index in [1.165, 1.54) is 13.0 Å². The highest BCUT2D eigenvalue weighted by Crippen LogP contribution is 2.27. The predicted octanol–water partition coefficient (Wildman–Crippen LogP) is 3.09. The maximum absolute atomic E-state index is 11.2. The van der Waals surface area contributed by atoms with E-state index in [-0.39, 0.29) is 24.7 Å². The number of Topliss-reactive ketones (excluding diaryl/α,β-unsaturated/α-hetero) is 1. The Kier molecular flexibility index (Phi) is 3.18. The van der Waals surface area contributed by atoms with Crippen molar-refractivity contribution in [1.82, 2.24) is 0 Å². The van der Waals surface area contributed by atoms with Crippen LogP contribution in [0.4, 0.5) is 0 Å². The van der Waals surface area contributed by atoms with Crippen molar-refractivity contribution in [2.75, 3.05) is 0 Å². The second-order valence-corrected chi connectivity index (χ2v) is 3.46. The van der Waals surface area contributed by atoms with Crippen LogP contribution >= 0.6 is 0 Å². The van der Waals surface area contributed by atoms with E-state index >= 15 is 0 Å². The fourth-order valence-electron chi connectivity index (χ4n) is 1.56. The summed E-state index contributed by atoms with van der Waals surface area (Å²) in [6, 6.07) is 7.89. The van der Waals surface area contributed by atoms with Crippen molar-refractivity contribution < 1.29 is 15.0 Å². The second kappa shape index (κ2) is 4.23. The third-order valence-electron chi connectivity index (χ3n) is 2.32. The largest absolute Gasteiger partial charge is 0.508 e. The van der Waals surface area contributed by atoms with Crippen molar-refractivity contribution in [3.8, 4) is 11.5 Å². The zero-order valence-electron chi connectivity index (χ0n) is 8.19. The highest BCUT2D eigenvalue weighted by molar-refractivity contribution is 6.01. The van der Waals surface area contributed by atoms with Gasteiger partial charge in [-0.25, -0.2) is 0 Å². The van der Waals surface area contributed by atoms with Crippen molar-refractivity contribution in [2.24, 2.45) is 0 Å². The first-order chi connectivity index (χ1) is 7.08. The molecule has 2 rings (SSSR count). The molecule has 0 fully saturated rings. The van der Waals surface area contributed by atoms with Gasteiger partial charge in [0.05, 0.1) is 5.56 Å². The maximum atomic E-state index is 11.2. The van der Waals surface area contributed by atoms with E-state index in [1.54, 1.807) is 24.3 Å². The summed E-state index contributed by atoms with van der Waals surface area (Å²) in [5.74, 6) is -0.0967. The lowest BCUT2D eigenvalue weighted by Gasteiger charge is -2.04. The molecule has 0 amide bonds. The van der Waals surface area contributed by atoms with E-state index in [0.717, 1.165) is 5.39 Å². The molecule has 0 heterocycles. The summed E-state index contributed by atoms with van der Waals surface area (Å²) in [5.41, 5.74) is 0.299. The first-order valence-corrected chi connectivity index (χ1v) is 4.54. The molecular weight excluding hydrogens is 204 g/mol. The lowest BCUT2D eigenvalue weighted by Crippen LogP contribution is -1.92. The minimum absolute atomic E-state index is 0. The number of benzene rings is 2. The summed E-state index contributed by atoms with van der Waals surface area (Å²) in [7, 11) is 0. The predicted molar refractivity (Wildman–Crippen MR) is 64.0 cm³/mol. The van der Waals surface area contributed by atoms with Gasteiger partial charge in [0.15, 0.2) is 5.78 Å². The van der Waals surface area contributed by atoms with Gasteiger partial charge >= 0.3 is 0 Å². The van der Waals surface area contributed by atoms with Crippen LogP contribution in [0.15, 0.2) is 30.3 Å². The highest BCUT2D eigenvalue weighted by atomic mass is 16.3. The Hall–Kier alpha value is -2.03. The van der Waals surface area contributed by atoms with Crippen LogP contribution in [-0.4, -0.2) is 16.0 Å². The molecule has 2 aromatic carbocycles. The Morgan fingerprint density at radius 3 is 2.38 bits per heavy atom. The van der Waals surface area contributed by atoms with Gasteiger partial charge in [-0.2, -0.15) is 0 Å². The summed E-state index contributed by atoms with van der Waals surface area (Å²) in [4.78, 5) is 11.2. The lowest BCUT2D eigenvalue weighted by molar-refractivity contribution is 0.101. The van der Waals surface area contributed by atoms with E-state index in [1.807, 2.05) is 0 Å². The molecule has 16 heavy (non-hydrogen) atoms. The first-order valence-electron chi connectivity index (χ1n) is 4.54. The Bertz CT molecular complexity index is 544. The van der Waals surface area contributed by atoms with Crippen LogP contribution in [-0.2, 0) is 0 Å². The average molecular weight is 218 g/mol. The molecule has 0 unspecified atom stereocenters. The molecule has 0 aromatic heterocycles. The number of ketones is 1. The summed E-state index contributed by atoms with van der Waals surface area (Å²) >= 11 is 0. The Balaban J connectivity index is 0.00000128. The minimum Gasteiger partial charge on any atom is -0.508 e. The van der Waals surface area contributed by atoms with Crippen LogP contribution in [0, 0.1) is 0 Å². The minimum atomic E-state index is -0.178. The quantitative estimate of drug-likeness (QED) is 0.723. The number of fused-ring (bicyclic) bond motifs is 1. The van der Waals surface area contributed by atoms with Crippen LogP contribution in [0.2, 0.25) is 0 Å². The maximum Gasteiger partial charge on any atom is 0.163 e. The van der Waals surface area contributed by atoms with Crippen molar-refractivity contribution in [3.05, 3.63) is 35.9 Å². The molecule has 0 aliphatic carbocycles. The topological polar surface area (TPSA) is 57.5 Å². The van der Waals surface area contributed by atoms with E-state index < -0.39 is 0 Å². The van der Waals surface area contributed by atoms with Crippen molar-refractivity contribution in [3.63, 3.8) is 0 Å². The van der Waals surface area contributed by atoms with Crippen LogP contribution in [0.25, 0.3) is 10.8 Å². The van der Waals surface area contributed by atoms with E-state index in [0.29, 0.717) is 10.9 Å². The summed E-state index contributed by atoms with van der Waals surface area (Å²) in [5, 5.41) is 20.3. The van der Waals surface area contributed by atoms with Gasteiger partial charge in [-0.3, -0.25) is 4.79 Å². The molecule has 0 radical (unpaired) electrons. The van der Waals surface area contributed by atoms with Gasteiger partial charge < -0.3 is 10.2 Å². The van der Waals surface area contributed by atoms with Gasteiger partial charge in [0.1, 0.15) is 11.5 Å². The van der Waals surface area contributed by atoms with Crippen LogP contribution in [0.3, 0.4) is 0 Å². The lowest BCUT2D eigenvalue weighted by atomic mass is 10.0. The number of carbonyl (C=O) groups is 1. The molecule has 3 heteroatoms. The number of hydrogen-bond acceptors (Lipinski definition) is 3. The van der Waals surface area contributed by atoms with Gasteiger partial charge in [0.2, 0.25) is 0 Å². The molecule has 0 aliphatic heterocycles. The molecule has 3 nitrogen and oxygen atoms in total. The van der Waals surface area contributed by atoms with Crippen molar-refractivity contribution in [2.45, 2.75) is 14.4 Å². The molecular formula is C13H14O3. The number of carbonyl (C=O) groups excluding carboxylic acids is 1. The number of hydrogen-bond donors (Lipinski definition) is 2. The number of phenolic OH excluding ortho intramolecular Hbond substituents is 2. The van der Waals surface area contributed by atoms with E-state index in [2.05, 4.69) is 0 Å². The molecule has 2 N–H and O–H groups in total. The Morgan fingerprint density at radius 2 is 1.75 bits per heavy atom. The van der Waals surface area contributed by atoms with Crippen LogP contribution in [0.1, 0.15) is 24.7 Å². The molecule has 0 saturated carbocycles. The number of phenols is 2. The second-order valence-electron chi connectivity index (χ2n) is 3.46. The third kappa shape index (κ3) is 1.98. The van der Waals surface area contributed by atoms with Gasteiger partial charge in [0, 0.05) is 0 Å². The molecule has 0 spiro atoms. The molecule has 0 saturated heterocycles. The summed E-state index contributed by atoms with van der Waals surface area (Å²) in [6.07, 6.45) is 0. The molecule has 0 aliphatic rings. The zero-order valence-corrected chi connectivity index (χ0v) is 8.19.